The number of aliphatic carboxylic acids is 1. The van der Waals surface area contributed by atoms with Crippen molar-refractivity contribution >= 4 is 17.8 Å². The standard InChI is InChI=1S/C25H37N3O4/c1-3-4-12-28-17-20-6-5-19(14-21(20)15-22(25(28)32)16-23(29)30)24(31)27(2)13-9-18-7-10-26-11-8-18/h5-6,14,18,22,26H,3-4,7-13,15-17H2,1-2H3,(H,29,30). The van der Waals surface area contributed by atoms with Gasteiger partial charge in [-0.05, 0) is 74.4 Å². The van der Waals surface area contributed by atoms with Gasteiger partial charge < -0.3 is 20.2 Å². The van der Waals surface area contributed by atoms with Gasteiger partial charge in [-0.1, -0.05) is 19.4 Å². The Hall–Kier alpha value is -2.41. The third-order valence-electron chi connectivity index (χ3n) is 6.82. The van der Waals surface area contributed by atoms with Crippen molar-refractivity contribution in [3.05, 3.63) is 34.9 Å². The molecule has 1 unspecified atom stereocenters. The van der Waals surface area contributed by atoms with Crippen molar-refractivity contribution < 1.29 is 19.5 Å². The molecule has 1 aromatic carbocycles. The molecule has 7 nitrogen and oxygen atoms in total. The zero-order chi connectivity index (χ0) is 23.1. The van der Waals surface area contributed by atoms with Gasteiger partial charge in [-0.3, -0.25) is 14.4 Å². The van der Waals surface area contributed by atoms with Crippen molar-refractivity contribution in [2.24, 2.45) is 11.8 Å². The van der Waals surface area contributed by atoms with E-state index in [1.54, 1.807) is 9.80 Å². The summed E-state index contributed by atoms with van der Waals surface area (Å²) in [6, 6.07) is 5.67. The van der Waals surface area contributed by atoms with Crippen molar-refractivity contribution in [2.45, 2.75) is 58.4 Å². The topological polar surface area (TPSA) is 90.0 Å². The fourth-order valence-corrected chi connectivity index (χ4v) is 4.77. The summed E-state index contributed by atoms with van der Waals surface area (Å²) in [6.45, 7) is 6.02. The first-order valence-corrected chi connectivity index (χ1v) is 12.0. The number of fused-ring (bicyclic) bond motifs is 1. The fourth-order valence-electron chi connectivity index (χ4n) is 4.77. The quantitative estimate of drug-likeness (QED) is 0.613. The molecule has 1 fully saturated rings. The number of carbonyl (C=O) groups is 3. The summed E-state index contributed by atoms with van der Waals surface area (Å²) in [6.07, 6.45) is 5.37. The van der Waals surface area contributed by atoms with E-state index in [-0.39, 0.29) is 18.2 Å². The highest BCUT2D eigenvalue weighted by Crippen LogP contribution is 2.27. The van der Waals surface area contributed by atoms with E-state index in [2.05, 4.69) is 12.2 Å². The summed E-state index contributed by atoms with van der Waals surface area (Å²) in [5.41, 5.74) is 2.54. The second kappa shape index (κ2) is 11.5. The van der Waals surface area contributed by atoms with Gasteiger partial charge >= 0.3 is 5.97 Å². The first-order valence-electron chi connectivity index (χ1n) is 12.0. The summed E-state index contributed by atoms with van der Waals surface area (Å²) in [4.78, 5) is 41.0. The van der Waals surface area contributed by atoms with E-state index >= 15 is 0 Å². The van der Waals surface area contributed by atoms with E-state index in [4.69, 9.17) is 0 Å². The second-order valence-electron chi connectivity index (χ2n) is 9.30. The highest BCUT2D eigenvalue weighted by atomic mass is 16.4. The predicted molar refractivity (Wildman–Crippen MR) is 123 cm³/mol. The van der Waals surface area contributed by atoms with Gasteiger partial charge in [0, 0.05) is 32.2 Å². The first-order chi connectivity index (χ1) is 15.4. The van der Waals surface area contributed by atoms with E-state index in [9.17, 15) is 19.5 Å². The smallest absolute Gasteiger partial charge is 0.304 e. The third kappa shape index (κ3) is 6.31. The van der Waals surface area contributed by atoms with Crippen LogP contribution in [0.2, 0.25) is 0 Å². The maximum Gasteiger partial charge on any atom is 0.304 e. The number of benzene rings is 1. The van der Waals surface area contributed by atoms with Crippen LogP contribution in [-0.2, 0) is 22.6 Å². The van der Waals surface area contributed by atoms with Crippen molar-refractivity contribution in [3.63, 3.8) is 0 Å². The molecule has 0 spiro atoms. The van der Waals surface area contributed by atoms with Crippen LogP contribution in [-0.4, -0.2) is 65.9 Å². The minimum absolute atomic E-state index is 0.0186. The van der Waals surface area contributed by atoms with Crippen LogP contribution in [0.3, 0.4) is 0 Å². The van der Waals surface area contributed by atoms with Crippen molar-refractivity contribution in [1.29, 1.82) is 0 Å². The zero-order valence-corrected chi connectivity index (χ0v) is 19.4. The first kappa shape index (κ1) is 24.2. The Balaban J connectivity index is 1.73. The number of carbonyl (C=O) groups excluding carboxylic acids is 2. The largest absolute Gasteiger partial charge is 0.481 e. The average molecular weight is 444 g/mol. The number of unbranched alkanes of at least 4 members (excludes halogenated alkanes) is 1. The SMILES string of the molecule is CCCCN1Cc2ccc(C(=O)N(C)CCC3CCNCC3)cc2CC(CC(=O)O)C1=O. The summed E-state index contributed by atoms with van der Waals surface area (Å²) >= 11 is 0. The molecular formula is C25H37N3O4. The lowest BCUT2D eigenvalue weighted by atomic mass is 9.92. The van der Waals surface area contributed by atoms with Gasteiger partial charge in [0.15, 0.2) is 0 Å². The normalized spacial score (nSPS) is 19.4. The second-order valence-corrected chi connectivity index (χ2v) is 9.30. The van der Waals surface area contributed by atoms with Crippen molar-refractivity contribution in [2.75, 3.05) is 33.2 Å². The van der Waals surface area contributed by atoms with Gasteiger partial charge in [-0.2, -0.15) is 0 Å². The minimum atomic E-state index is -0.966. The molecular weight excluding hydrogens is 406 g/mol. The van der Waals surface area contributed by atoms with Crippen LogP contribution in [0.1, 0.15) is 66.9 Å². The Morgan fingerprint density at radius 2 is 1.97 bits per heavy atom. The monoisotopic (exact) mass is 443 g/mol. The molecule has 3 rings (SSSR count). The van der Waals surface area contributed by atoms with Crippen LogP contribution in [0, 0.1) is 11.8 Å². The van der Waals surface area contributed by atoms with Crippen molar-refractivity contribution in [1.82, 2.24) is 15.1 Å². The summed E-state index contributed by atoms with van der Waals surface area (Å²) < 4.78 is 0. The van der Waals surface area contributed by atoms with Gasteiger partial charge in [0.1, 0.15) is 0 Å². The number of rotatable bonds is 9. The Bertz CT molecular complexity index is 819. The molecule has 0 bridgehead atoms. The van der Waals surface area contributed by atoms with Gasteiger partial charge in [0.05, 0.1) is 12.3 Å². The van der Waals surface area contributed by atoms with Crippen LogP contribution < -0.4 is 5.32 Å². The molecule has 0 saturated carbocycles. The van der Waals surface area contributed by atoms with Crippen LogP contribution in [0.5, 0.6) is 0 Å². The lowest BCUT2D eigenvalue weighted by molar-refractivity contribution is -0.144. The molecule has 1 aromatic rings. The van der Waals surface area contributed by atoms with E-state index < -0.39 is 11.9 Å². The number of amides is 2. The van der Waals surface area contributed by atoms with Gasteiger partial charge in [0.25, 0.3) is 5.91 Å². The van der Waals surface area contributed by atoms with Gasteiger partial charge in [-0.25, -0.2) is 0 Å². The average Bonchev–Trinajstić information content (AvgIpc) is 2.91. The molecule has 176 valence electrons. The van der Waals surface area contributed by atoms with Gasteiger partial charge in [-0.15, -0.1) is 0 Å². The molecule has 2 N–H and O–H groups in total. The molecule has 2 aliphatic heterocycles. The number of hydrogen-bond acceptors (Lipinski definition) is 4. The molecule has 7 heteroatoms. The third-order valence-corrected chi connectivity index (χ3v) is 6.82. The molecule has 32 heavy (non-hydrogen) atoms. The Morgan fingerprint density at radius 3 is 2.66 bits per heavy atom. The van der Waals surface area contributed by atoms with E-state index in [0.717, 1.165) is 62.9 Å². The fraction of sp³-hybridized carbons (Fsp3) is 0.640. The molecule has 0 aliphatic carbocycles. The summed E-state index contributed by atoms with van der Waals surface area (Å²) in [5.74, 6) is -1.00. The number of carboxylic acid groups (broad SMARTS) is 1. The van der Waals surface area contributed by atoms with E-state index in [1.165, 1.54) is 0 Å². The number of piperidine rings is 1. The Labute approximate surface area is 191 Å². The summed E-state index contributed by atoms with van der Waals surface area (Å²) in [7, 11) is 1.85. The molecule has 0 radical (unpaired) electrons. The molecule has 1 atom stereocenters. The van der Waals surface area contributed by atoms with Crippen LogP contribution in [0.4, 0.5) is 0 Å². The molecule has 0 aromatic heterocycles. The highest BCUT2D eigenvalue weighted by Gasteiger charge is 2.31. The number of hydrogen-bond donors (Lipinski definition) is 2. The predicted octanol–water partition coefficient (Wildman–Crippen LogP) is 2.92. The lowest BCUT2D eigenvalue weighted by Crippen LogP contribution is -2.36. The van der Waals surface area contributed by atoms with Gasteiger partial charge in [0.2, 0.25) is 5.91 Å². The maximum absolute atomic E-state index is 13.1. The molecule has 2 amide bonds. The molecule has 2 heterocycles. The Morgan fingerprint density at radius 1 is 1.22 bits per heavy atom. The minimum Gasteiger partial charge on any atom is -0.481 e. The molecule has 1 saturated heterocycles. The highest BCUT2D eigenvalue weighted by molar-refractivity contribution is 5.94. The van der Waals surface area contributed by atoms with Crippen LogP contribution >= 0.6 is 0 Å². The van der Waals surface area contributed by atoms with Crippen molar-refractivity contribution in [3.8, 4) is 0 Å². The summed E-state index contributed by atoms with van der Waals surface area (Å²) in [5, 5.41) is 12.7. The van der Waals surface area contributed by atoms with E-state index in [0.29, 0.717) is 31.0 Å². The number of nitrogens with zero attached hydrogens (tertiary/aromatic N) is 2. The number of carboxylic acids is 1. The van der Waals surface area contributed by atoms with E-state index in [1.807, 2.05) is 25.2 Å². The Kier molecular flexibility index (Phi) is 8.67. The number of nitrogens with one attached hydrogen (secondary N) is 1. The zero-order valence-electron chi connectivity index (χ0n) is 19.4. The van der Waals surface area contributed by atoms with Crippen LogP contribution in [0.15, 0.2) is 18.2 Å². The lowest BCUT2D eigenvalue weighted by Gasteiger charge is -2.25. The molecule has 2 aliphatic rings. The van der Waals surface area contributed by atoms with Crippen LogP contribution in [0.25, 0.3) is 0 Å². The maximum atomic E-state index is 13.1.